The maximum absolute atomic E-state index is 5.70. The van der Waals surface area contributed by atoms with E-state index in [0.29, 0.717) is 17.5 Å². The Morgan fingerprint density at radius 3 is 2.80 bits per heavy atom. The quantitative estimate of drug-likeness (QED) is 0.478. The minimum atomic E-state index is 0.521. The summed E-state index contributed by atoms with van der Waals surface area (Å²) in [6.07, 6.45) is 1.68. The van der Waals surface area contributed by atoms with E-state index in [1.807, 2.05) is 46.3 Å². The van der Waals surface area contributed by atoms with E-state index in [4.69, 9.17) is 9.15 Å². The Labute approximate surface area is 151 Å². The lowest BCUT2D eigenvalue weighted by molar-refractivity contribution is 0.414. The van der Waals surface area contributed by atoms with Crippen LogP contribution >= 0.6 is 23.1 Å². The number of nitrogens with zero attached hydrogens (tertiary/aromatic N) is 5. The molecule has 0 radical (unpaired) electrons. The molecular weight excluding hydrogens is 358 g/mol. The van der Waals surface area contributed by atoms with Gasteiger partial charge in [-0.2, -0.15) is 0 Å². The van der Waals surface area contributed by atoms with Gasteiger partial charge in [-0.1, -0.05) is 17.8 Å². The maximum atomic E-state index is 5.70. The number of benzene rings is 1. The van der Waals surface area contributed by atoms with Crippen LogP contribution in [0.2, 0.25) is 0 Å². The van der Waals surface area contributed by atoms with E-state index in [9.17, 15) is 0 Å². The number of rotatable bonds is 6. The standard InChI is InChI=1S/C16H13N5O2S2/c1-22-12-6-4-11(5-7-12)21-10-17-20-16(21)25-9-14-18-19-15(23-14)13-3-2-8-24-13/h2-8,10H,9H2,1H3. The van der Waals surface area contributed by atoms with Gasteiger partial charge in [0.2, 0.25) is 5.89 Å². The third-order valence-electron chi connectivity index (χ3n) is 3.39. The third-order valence-corrected chi connectivity index (χ3v) is 5.18. The van der Waals surface area contributed by atoms with Crippen molar-refractivity contribution >= 4 is 23.1 Å². The van der Waals surface area contributed by atoms with Crippen LogP contribution in [0.1, 0.15) is 5.89 Å². The summed E-state index contributed by atoms with van der Waals surface area (Å²) < 4.78 is 12.8. The first kappa shape index (κ1) is 15.9. The highest BCUT2D eigenvalue weighted by molar-refractivity contribution is 7.98. The average molecular weight is 371 g/mol. The first-order valence-corrected chi connectivity index (χ1v) is 9.23. The van der Waals surface area contributed by atoms with Crippen molar-refractivity contribution in [3.63, 3.8) is 0 Å². The molecule has 4 rings (SSSR count). The van der Waals surface area contributed by atoms with Crippen LogP contribution in [0.5, 0.6) is 5.75 Å². The Bertz CT molecular complexity index is 947. The second kappa shape index (κ2) is 7.08. The number of ether oxygens (including phenoxy) is 1. The summed E-state index contributed by atoms with van der Waals surface area (Å²) >= 11 is 3.06. The molecule has 0 aliphatic carbocycles. The van der Waals surface area contributed by atoms with Crippen molar-refractivity contribution in [3.8, 4) is 22.2 Å². The molecular formula is C16H13N5O2S2. The predicted octanol–water partition coefficient (Wildman–Crippen LogP) is 3.68. The van der Waals surface area contributed by atoms with E-state index >= 15 is 0 Å². The van der Waals surface area contributed by atoms with Crippen molar-refractivity contribution in [2.24, 2.45) is 0 Å². The molecule has 0 bridgehead atoms. The van der Waals surface area contributed by atoms with E-state index in [1.165, 1.54) is 11.8 Å². The smallest absolute Gasteiger partial charge is 0.257 e. The summed E-state index contributed by atoms with van der Waals surface area (Å²) in [5, 5.41) is 19.1. The lowest BCUT2D eigenvalue weighted by Crippen LogP contribution is -1.95. The number of hydrogen-bond acceptors (Lipinski definition) is 8. The number of methoxy groups -OCH3 is 1. The maximum Gasteiger partial charge on any atom is 0.257 e. The molecule has 0 unspecified atom stereocenters. The zero-order chi connectivity index (χ0) is 17.1. The van der Waals surface area contributed by atoms with Crippen molar-refractivity contribution in [3.05, 3.63) is 54.0 Å². The highest BCUT2D eigenvalue weighted by Crippen LogP contribution is 2.27. The topological polar surface area (TPSA) is 78.9 Å². The van der Waals surface area contributed by atoms with Crippen molar-refractivity contribution in [1.82, 2.24) is 25.0 Å². The summed E-state index contributed by atoms with van der Waals surface area (Å²) in [7, 11) is 1.64. The molecule has 9 heteroatoms. The molecule has 0 amide bonds. The van der Waals surface area contributed by atoms with Gasteiger partial charge in [0.15, 0.2) is 5.16 Å². The Kier molecular flexibility index (Phi) is 4.49. The first-order chi connectivity index (χ1) is 12.3. The summed E-state index contributed by atoms with van der Waals surface area (Å²) in [5.74, 6) is 2.42. The number of aromatic nitrogens is 5. The van der Waals surface area contributed by atoms with Crippen LogP contribution < -0.4 is 4.74 Å². The molecule has 3 aromatic heterocycles. The summed E-state index contributed by atoms with van der Waals surface area (Å²) in [4.78, 5) is 0.963. The van der Waals surface area contributed by atoms with Gasteiger partial charge in [-0.3, -0.25) is 4.57 Å². The van der Waals surface area contributed by atoms with Crippen LogP contribution in [-0.4, -0.2) is 32.1 Å². The van der Waals surface area contributed by atoms with Gasteiger partial charge < -0.3 is 9.15 Å². The first-order valence-electron chi connectivity index (χ1n) is 7.37. The Balaban J connectivity index is 1.48. The van der Waals surface area contributed by atoms with Crippen molar-refractivity contribution in [2.45, 2.75) is 10.9 Å². The molecule has 7 nitrogen and oxygen atoms in total. The van der Waals surface area contributed by atoms with Crippen LogP contribution in [0, 0.1) is 0 Å². The van der Waals surface area contributed by atoms with Crippen LogP contribution in [-0.2, 0) is 5.75 Å². The van der Waals surface area contributed by atoms with Gasteiger partial charge in [-0.05, 0) is 35.7 Å². The highest BCUT2D eigenvalue weighted by Gasteiger charge is 2.12. The number of thioether (sulfide) groups is 1. The molecule has 25 heavy (non-hydrogen) atoms. The van der Waals surface area contributed by atoms with Crippen LogP contribution in [0.15, 0.2) is 57.7 Å². The molecule has 0 atom stereocenters. The fraction of sp³-hybridized carbons (Fsp3) is 0.125. The summed E-state index contributed by atoms with van der Waals surface area (Å²) in [5.41, 5.74) is 0.957. The monoisotopic (exact) mass is 371 g/mol. The van der Waals surface area contributed by atoms with Gasteiger partial charge in [0, 0.05) is 5.69 Å². The van der Waals surface area contributed by atoms with Gasteiger partial charge in [0.25, 0.3) is 5.89 Å². The highest BCUT2D eigenvalue weighted by atomic mass is 32.2. The van der Waals surface area contributed by atoms with Crippen molar-refractivity contribution in [2.75, 3.05) is 7.11 Å². The molecule has 4 aromatic rings. The van der Waals surface area contributed by atoms with Crippen LogP contribution in [0.25, 0.3) is 16.5 Å². The largest absolute Gasteiger partial charge is 0.497 e. The minimum Gasteiger partial charge on any atom is -0.497 e. The normalized spacial score (nSPS) is 10.9. The molecule has 0 aliphatic heterocycles. The molecule has 0 saturated carbocycles. The molecule has 0 fully saturated rings. The van der Waals surface area contributed by atoms with Crippen LogP contribution in [0.4, 0.5) is 0 Å². The number of hydrogen-bond donors (Lipinski definition) is 0. The molecule has 0 aliphatic rings. The molecule has 0 saturated heterocycles. The minimum absolute atomic E-state index is 0.521. The molecule has 3 heterocycles. The third kappa shape index (κ3) is 3.42. The van der Waals surface area contributed by atoms with Gasteiger partial charge in [0.05, 0.1) is 17.7 Å². The SMILES string of the molecule is COc1ccc(-n2cnnc2SCc2nnc(-c3cccs3)o2)cc1. The van der Waals surface area contributed by atoms with Crippen molar-refractivity contribution < 1.29 is 9.15 Å². The Morgan fingerprint density at radius 2 is 2.04 bits per heavy atom. The number of thiophene rings is 1. The Morgan fingerprint density at radius 1 is 1.16 bits per heavy atom. The van der Waals surface area contributed by atoms with Gasteiger partial charge in [-0.25, -0.2) is 0 Å². The fourth-order valence-corrected chi connectivity index (χ4v) is 3.59. The van der Waals surface area contributed by atoms with Gasteiger partial charge >= 0.3 is 0 Å². The van der Waals surface area contributed by atoms with Crippen molar-refractivity contribution in [1.29, 1.82) is 0 Å². The van der Waals surface area contributed by atoms with Gasteiger partial charge in [-0.15, -0.1) is 31.7 Å². The Hall–Kier alpha value is -2.65. The fourth-order valence-electron chi connectivity index (χ4n) is 2.18. The molecule has 0 spiro atoms. The zero-order valence-electron chi connectivity index (χ0n) is 13.2. The van der Waals surface area contributed by atoms with E-state index in [0.717, 1.165) is 21.5 Å². The van der Waals surface area contributed by atoms with Crippen LogP contribution in [0.3, 0.4) is 0 Å². The second-order valence-electron chi connectivity index (χ2n) is 4.95. The van der Waals surface area contributed by atoms with E-state index in [1.54, 1.807) is 24.8 Å². The second-order valence-corrected chi connectivity index (χ2v) is 6.84. The molecule has 0 N–H and O–H groups in total. The van der Waals surface area contributed by atoms with E-state index in [2.05, 4.69) is 20.4 Å². The summed E-state index contributed by atoms with van der Waals surface area (Å²) in [6, 6.07) is 11.6. The predicted molar refractivity (Wildman–Crippen MR) is 95.1 cm³/mol. The summed E-state index contributed by atoms with van der Waals surface area (Å²) in [6.45, 7) is 0. The molecule has 1 aromatic carbocycles. The molecule has 126 valence electrons. The van der Waals surface area contributed by atoms with E-state index < -0.39 is 0 Å². The lowest BCUT2D eigenvalue weighted by Gasteiger charge is -2.06. The van der Waals surface area contributed by atoms with Gasteiger partial charge in [0.1, 0.15) is 12.1 Å². The average Bonchev–Trinajstić information content (AvgIpc) is 3.40. The zero-order valence-corrected chi connectivity index (χ0v) is 14.8. The van der Waals surface area contributed by atoms with E-state index in [-0.39, 0.29) is 0 Å². The lowest BCUT2D eigenvalue weighted by atomic mass is 10.3.